The van der Waals surface area contributed by atoms with E-state index in [2.05, 4.69) is 43.5 Å². The number of unbranched alkanes of at least 4 members (excludes halogenated alkanes) is 40. The van der Waals surface area contributed by atoms with Crippen molar-refractivity contribution < 1.29 is 24.5 Å². The largest absolute Gasteiger partial charge is 0.466 e. The van der Waals surface area contributed by atoms with Crippen LogP contribution in [0.1, 0.15) is 322 Å². The second-order valence-electron chi connectivity index (χ2n) is 20.3. The van der Waals surface area contributed by atoms with Crippen LogP contribution in [0.15, 0.2) is 24.3 Å². The maximum Gasteiger partial charge on any atom is 0.305 e. The van der Waals surface area contributed by atoms with E-state index in [0.717, 1.165) is 57.8 Å². The number of nitrogens with one attached hydrogen (secondary N) is 1. The molecule has 0 aliphatic carbocycles. The Bertz CT molecular complexity index is 1030. The molecule has 0 aromatic carbocycles. The number of amides is 1. The van der Waals surface area contributed by atoms with Gasteiger partial charge in [0.15, 0.2) is 0 Å². The molecule has 0 rings (SSSR count). The van der Waals surface area contributed by atoms with Crippen LogP contribution in [0.5, 0.6) is 0 Å². The highest BCUT2D eigenvalue weighted by atomic mass is 16.5. The summed E-state index contributed by atoms with van der Waals surface area (Å²) in [6.07, 6.45) is 67.4. The molecule has 0 radical (unpaired) electrons. The van der Waals surface area contributed by atoms with Gasteiger partial charge in [-0.2, -0.15) is 0 Å². The molecule has 0 heterocycles. The van der Waals surface area contributed by atoms with Gasteiger partial charge in [-0.15, -0.1) is 0 Å². The Hall–Kier alpha value is -1.66. The summed E-state index contributed by atoms with van der Waals surface area (Å²) < 4.78 is 5.46. The molecule has 0 saturated carbocycles. The summed E-state index contributed by atoms with van der Waals surface area (Å²) in [5.41, 5.74) is 0. The zero-order chi connectivity index (χ0) is 47.9. The van der Waals surface area contributed by atoms with E-state index in [-0.39, 0.29) is 18.5 Å². The Morgan fingerprint density at radius 3 is 1.08 bits per heavy atom. The van der Waals surface area contributed by atoms with E-state index in [1.165, 1.54) is 231 Å². The Morgan fingerprint density at radius 1 is 0.409 bits per heavy atom. The van der Waals surface area contributed by atoms with Crippen LogP contribution in [0.25, 0.3) is 0 Å². The van der Waals surface area contributed by atoms with Crippen molar-refractivity contribution >= 4 is 11.9 Å². The normalized spacial score (nSPS) is 12.7. The summed E-state index contributed by atoms with van der Waals surface area (Å²) in [6, 6.07) is -0.551. The number of ether oxygens (including phenoxy) is 1. The molecule has 6 heteroatoms. The second kappa shape index (κ2) is 55.9. The number of esters is 1. The molecule has 2 atom stereocenters. The molecule has 2 unspecified atom stereocenters. The highest BCUT2D eigenvalue weighted by Crippen LogP contribution is 2.17. The smallest absolute Gasteiger partial charge is 0.305 e. The van der Waals surface area contributed by atoms with Gasteiger partial charge in [0.05, 0.1) is 25.4 Å². The van der Waals surface area contributed by atoms with Gasteiger partial charge in [-0.05, 0) is 77.0 Å². The van der Waals surface area contributed by atoms with Gasteiger partial charge in [-0.1, -0.05) is 256 Å². The van der Waals surface area contributed by atoms with Crippen molar-refractivity contribution in [3.63, 3.8) is 0 Å². The monoisotopic (exact) mass is 930 g/mol. The summed E-state index contributed by atoms with van der Waals surface area (Å²) in [7, 11) is 0. The van der Waals surface area contributed by atoms with Gasteiger partial charge in [-0.3, -0.25) is 9.59 Å². The average Bonchev–Trinajstić information content (AvgIpc) is 3.32. The van der Waals surface area contributed by atoms with Crippen LogP contribution in [0.4, 0.5) is 0 Å². The van der Waals surface area contributed by atoms with Gasteiger partial charge in [0.1, 0.15) is 0 Å². The molecule has 0 bridgehead atoms. The minimum atomic E-state index is -0.672. The molecule has 1 amide bonds. The van der Waals surface area contributed by atoms with E-state index in [1.54, 1.807) is 0 Å². The van der Waals surface area contributed by atoms with Gasteiger partial charge < -0.3 is 20.3 Å². The zero-order valence-corrected chi connectivity index (χ0v) is 44.4. The van der Waals surface area contributed by atoms with Crippen LogP contribution in [0.2, 0.25) is 0 Å². The molecule has 0 aromatic heterocycles. The number of aliphatic hydroxyl groups excluding tert-OH is 2. The molecule has 0 aliphatic rings. The first-order valence-corrected chi connectivity index (χ1v) is 29.6. The van der Waals surface area contributed by atoms with E-state index in [9.17, 15) is 19.8 Å². The summed E-state index contributed by atoms with van der Waals surface area (Å²) >= 11 is 0. The Balaban J connectivity index is 3.46. The van der Waals surface area contributed by atoms with Crippen LogP contribution < -0.4 is 5.32 Å². The van der Waals surface area contributed by atoms with E-state index >= 15 is 0 Å². The lowest BCUT2D eigenvalue weighted by Crippen LogP contribution is -2.45. The summed E-state index contributed by atoms with van der Waals surface area (Å²) in [5, 5.41) is 23.3. The highest BCUT2D eigenvalue weighted by molar-refractivity contribution is 5.76. The van der Waals surface area contributed by atoms with Crippen LogP contribution in [-0.2, 0) is 14.3 Å². The fraction of sp³-hybridized carbons (Fsp3) is 0.900. The number of allylic oxidation sites excluding steroid dienone is 4. The standard InChI is InChI=1S/C60H115NO5/c1-3-5-7-9-11-13-15-17-19-20-22-25-28-32-36-40-44-48-52-58(63)57(56-62)61-59(64)53-49-45-41-37-33-29-26-23-21-24-27-31-35-39-43-47-51-55-66-60(65)54-50-46-42-38-34-30-18-16-14-12-10-8-6-4-2/h16,18,21,24,57-58,62-63H,3-15,17,19-20,22-23,25-56H2,1-2H3,(H,61,64)/b18-16-,24-21-. The first-order valence-electron chi connectivity index (χ1n) is 29.6. The number of carbonyl (C=O) groups is 2. The van der Waals surface area contributed by atoms with Gasteiger partial charge in [0.25, 0.3) is 0 Å². The number of hydrogen-bond acceptors (Lipinski definition) is 5. The summed E-state index contributed by atoms with van der Waals surface area (Å²) in [6.45, 7) is 4.94. The van der Waals surface area contributed by atoms with Crippen LogP contribution in [-0.4, -0.2) is 47.4 Å². The average molecular weight is 931 g/mol. The van der Waals surface area contributed by atoms with Gasteiger partial charge in [0, 0.05) is 12.8 Å². The topological polar surface area (TPSA) is 95.9 Å². The number of hydrogen-bond donors (Lipinski definition) is 3. The van der Waals surface area contributed by atoms with Gasteiger partial charge >= 0.3 is 5.97 Å². The van der Waals surface area contributed by atoms with Crippen LogP contribution in [0.3, 0.4) is 0 Å². The maximum absolute atomic E-state index is 12.5. The minimum absolute atomic E-state index is 0.00994. The minimum Gasteiger partial charge on any atom is -0.466 e. The van der Waals surface area contributed by atoms with Crippen LogP contribution in [0, 0.1) is 0 Å². The van der Waals surface area contributed by atoms with Gasteiger partial charge in [-0.25, -0.2) is 0 Å². The quantitative estimate of drug-likeness (QED) is 0.0321. The Labute approximate surface area is 411 Å². The number of rotatable bonds is 55. The lowest BCUT2D eigenvalue weighted by Gasteiger charge is -2.22. The molecule has 0 fully saturated rings. The molecule has 0 spiro atoms. The molecule has 66 heavy (non-hydrogen) atoms. The first kappa shape index (κ1) is 64.3. The molecular weight excluding hydrogens is 815 g/mol. The van der Waals surface area contributed by atoms with Crippen LogP contribution >= 0.6 is 0 Å². The third-order valence-corrected chi connectivity index (χ3v) is 13.7. The van der Waals surface area contributed by atoms with E-state index in [4.69, 9.17) is 4.74 Å². The third kappa shape index (κ3) is 51.7. The van der Waals surface area contributed by atoms with Crippen molar-refractivity contribution in [2.24, 2.45) is 0 Å². The van der Waals surface area contributed by atoms with Crippen molar-refractivity contribution in [1.29, 1.82) is 0 Å². The molecule has 0 aliphatic heterocycles. The number of aliphatic hydroxyl groups is 2. The zero-order valence-electron chi connectivity index (χ0n) is 44.4. The predicted octanol–water partition coefficient (Wildman–Crippen LogP) is 18.2. The first-order chi connectivity index (χ1) is 32.5. The third-order valence-electron chi connectivity index (χ3n) is 13.7. The van der Waals surface area contributed by atoms with Crippen molar-refractivity contribution in [3.05, 3.63) is 24.3 Å². The molecule has 6 nitrogen and oxygen atoms in total. The molecule has 390 valence electrons. The highest BCUT2D eigenvalue weighted by Gasteiger charge is 2.20. The SMILES string of the molecule is CCCCCCC/C=C\CCCCCCCC(=O)OCCCCCCCC/C=C\CCCCCCCCCC(=O)NC(CO)C(O)CCCCCCCCCCCCCCCCCCCC. The van der Waals surface area contributed by atoms with E-state index in [1.807, 2.05) is 0 Å². The van der Waals surface area contributed by atoms with Crippen molar-refractivity contribution in [3.8, 4) is 0 Å². The Morgan fingerprint density at radius 2 is 0.712 bits per heavy atom. The van der Waals surface area contributed by atoms with Crippen molar-refractivity contribution in [2.75, 3.05) is 13.2 Å². The molecule has 0 aromatic rings. The van der Waals surface area contributed by atoms with E-state index in [0.29, 0.717) is 25.9 Å². The van der Waals surface area contributed by atoms with Gasteiger partial charge in [0.2, 0.25) is 5.91 Å². The second-order valence-corrected chi connectivity index (χ2v) is 20.3. The summed E-state index contributed by atoms with van der Waals surface area (Å²) in [4.78, 5) is 24.5. The lowest BCUT2D eigenvalue weighted by molar-refractivity contribution is -0.143. The summed E-state index contributed by atoms with van der Waals surface area (Å²) in [5.74, 6) is -0.0549. The number of carbonyl (C=O) groups excluding carboxylic acids is 2. The molecule has 0 saturated heterocycles. The fourth-order valence-electron chi connectivity index (χ4n) is 9.16. The maximum atomic E-state index is 12.5. The fourth-order valence-corrected chi connectivity index (χ4v) is 9.16. The molecule has 3 N–H and O–H groups in total. The van der Waals surface area contributed by atoms with Crippen molar-refractivity contribution in [1.82, 2.24) is 5.32 Å². The Kier molecular flexibility index (Phi) is 54.5. The molecular formula is C60H115NO5. The van der Waals surface area contributed by atoms with E-state index < -0.39 is 12.1 Å². The lowest BCUT2D eigenvalue weighted by atomic mass is 10.0. The van der Waals surface area contributed by atoms with Crippen molar-refractivity contribution in [2.45, 2.75) is 334 Å². The predicted molar refractivity (Wildman–Crippen MR) is 287 cm³/mol.